The van der Waals surface area contributed by atoms with Crippen LogP contribution in [0, 0.1) is 0 Å². The van der Waals surface area contributed by atoms with Gasteiger partial charge < -0.3 is 4.74 Å². The number of ether oxygens (including phenoxy) is 1. The fourth-order valence-corrected chi connectivity index (χ4v) is 2.79. The number of fused-ring (bicyclic) bond motifs is 1. The van der Waals surface area contributed by atoms with Crippen molar-refractivity contribution in [3.05, 3.63) is 47.6 Å². The van der Waals surface area contributed by atoms with E-state index in [4.69, 9.17) is 16.3 Å². The average Bonchev–Trinajstić information content (AvgIpc) is 2.86. The van der Waals surface area contributed by atoms with Gasteiger partial charge in [-0.05, 0) is 30.3 Å². The number of halogens is 1. The maximum atomic E-state index is 11.4. The molecule has 0 bridgehead atoms. The molecule has 0 spiro atoms. The molecule has 21 heavy (non-hydrogen) atoms. The van der Waals surface area contributed by atoms with Crippen molar-refractivity contribution in [2.45, 2.75) is 4.90 Å². The zero-order valence-corrected chi connectivity index (χ0v) is 12.6. The fraction of sp³-hybridized carbons (Fsp3) is 0.0714. The molecule has 0 aliphatic rings. The lowest BCUT2D eigenvalue weighted by molar-refractivity contribution is 0.488. The Hall–Kier alpha value is -2.05. The molecular formula is C14H11ClN2O3S. The normalized spacial score (nSPS) is 11.7. The number of aromatic amines is 1. The van der Waals surface area contributed by atoms with E-state index < -0.39 is 9.84 Å². The highest BCUT2D eigenvalue weighted by molar-refractivity contribution is 7.90. The van der Waals surface area contributed by atoms with Gasteiger partial charge in [-0.25, -0.2) is 8.42 Å². The minimum atomic E-state index is -3.22. The molecule has 3 aromatic rings. The first-order valence-electron chi connectivity index (χ1n) is 6.04. The van der Waals surface area contributed by atoms with Crippen LogP contribution >= 0.6 is 11.6 Å². The van der Waals surface area contributed by atoms with Crippen molar-refractivity contribution in [2.75, 3.05) is 6.26 Å². The molecule has 0 aliphatic heterocycles. The molecule has 108 valence electrons. The summed E-state index contributed by atoms with van der Waals surface area (Å²) in [6.07, 6.45) is 2.81. The topological polar surface area (TPSA) is 72.1 Å². The van der Waals surface area contributed by atoms with Crippen molar-refractivity contribution >= 4 is 32.3 Å². The van der Waals surface area contributed by atoms with E-state index in [0.717, 1.165) is 17.2 Å². The average molecular weight is 323 g/mol. The minimum absolute atomic E-state index is 0.245. The second-order valence-electron chi connectivity index (χ2n) is 4.58. The first-order chi connectivity index (χ1) is 9.93. The molecule has 0 radical (unpaired) electrons. The summed E-state index contributed by atoms with van der Waals surface area (Å²) in [6.45, 7) is 0. The van der Waals surface area contributed by atoms with Gasteiger partial charge in [0.2, 0.25) is 0 Å². The number of benzene rings is 2. The molecule has 0 saturated heterocycles. The molecule has 0 amide bonds. The van der Waals surface area contributed by atoms with Gasteiger partial charge in [0, 0.05) is 17.3 Å². The molecule has 0 fully saturated rings. The Balaban J connectivity index is 1.97. The van der Waals surface area contributed by atoms with Gasteiger partial charge in [0.25, 0.3) is 0 Å². The van der Waals surface area contributed by atoms with Crippen molar-refractivity contribution in [1.82, 2.24) is 10.2 Å². The summed E-state index contributed by atoms with van der Waals surface area (Å²) in [5.41, 5.74) is 0.769. The van der Waals surface area contributed by atoms with Gasteiger partial charge in [-0.1, -0.05) is 11.6 Å². The van der Waals surface area contributed by atoms with Gasteiger partial charge in [-0.2, -0.15) is 5.10 Å². The van der Waals surface area contributed by atoms with E-state index >= 15 is 0 Å². The first kappa shape index (κ1) is 13.9. The molecule has 1 aromatic heterocycles. The van der Waals surface area contributed by atoms with E-state index in [1.165, 1.54) is 12.1 Å². The standard InChI is InChI=1S/C14H11ClN2O3S/c1-21(18,19)11-4-2-10(3-5-11)20-14-7-9(15)6-13-12(14)8-16-17-13/h2-8H,1H3,(H,16,17). The number of sulfone groups is 1. The molecule has 0 unspecified atom stereocenters. The third kappa shape index (κ3) is 2.86. The maximum absolute atomic E-state index is 11.4. The van der Waals surface area contributed by atoms with Crippen LogP contribution in [0.2, 0.25) is 5.02 Å². The van der Waals surface area contributed by atoms with E-state index in [1.54, 1.807) is 30.5 Å². The Labute approximate surface area is 126 Å². The lowest BCUT2D eigenvalue weighted by Gasteiger charge is -2.08. The maximum Gasteiger partial charge on any atom is 0.175 e. The van der Waals surface area contributed by atoms with Crippen LogP contribution in [0.25, 0.3) is 10.9 Å². The Bertz CT molecular complexity index is 902. The van der Waals surface area contributed by atoms with Crippen LogP contribution in [0.5, 0.6) is 11.5 Å². The zero-order chi connectivity index (χ0) is 15.0. The number of aromatic nitrogens is 2. The van der Waals surface area contributed by atoms with E-state index in [1.807, 2.05) is 0 Å². The Kier molecular flexibility index (Phi) is 3.35. The molecule has 1 heterocycles. The van der Waals surface area contributed by atoms with Crippen LogP contribution < -0.4 is 4.74 Å². The van der Waals surface area contributed by atoms with Crippen LogP contribution in [0.4, 0.5) is 0 Å². The van der Waals surface area contributed by atoms with Crippen molar-refractivity contribution in [3.8, 4) is 11.5 Å². The van der Waals surface area contributed by atoms with Crippen LogP contribution in [0.1, 0.15) is 0 Å². The predicted molar refractivity (Wildman–Crippen MR) is 80.7 cm³/mol. The summed E-state index contributed by atoms with van der Waals surface area (Å²) >= 11 is 6.02. The smallest absolute Gasteiger partial charge is 0.175 e. The quantitative estimate of drug-likeness (QED) is 0.802. The van der Waals surface area contributed by atoms with Gasteiger partial charge >= 0.3 is 0 Å². The predicted octanol–water partition coefficient (Wildman–Crippen LogP) is 3.41. The molecule has 1 N–H and O–H groups in total. The highest BCUT2D eigenvalue weighted by Crippen LogP contribution is 2.32. The summed E-state index contributed by atoms with van der Waals surface area (Å²) < 4.78 is 28.6. The lowest BCUT2D eigenvalue weighted by atomic mass is 10.2. The van der Waals surface area contributed by atoms with E-state index in [0.29, 0.717) is 16.5 Å². The van der Waals surface area contributed by atoms with Crippen molar-refractivity contribution in [2.24, 2.45) is 0 Å². The summed E-state index contributed by atoms with van der Waals surface area (Å²) in [4.78, 5) is 0.245. The molecule has 7 heteroatoms. The van der Waals surface area contributed by atoms with Gasteiger partial charge in [0.1, 0.15) is 11.5 Å². The van der Waals surface area contributed by atoms with Gasteiger partial charge in [-0.15, -0.1) is 0 Å². The third-order valence-corrected chi connectivity index (χ3v) is 4.31. The number of nitrogens with zero attached hydrogens (tertiary/aromatic N) is 1. The van der Waals surface area contributed by atoms with E-state index in [-0.39, 0.29) is 4.90 Å². The summed E-state index contributed by atoms with van der Waals surface area (Å²) in [7, 11) is -3.22. The number of rotatable bonds is 3. The fourth-order valence-electron chi connectivity index (χ4n) is 1.95. The molecule has 0 aliphatic carbocycles. The number of hydrogen-bond donors (Lipinski definition) is 1. The largest absolute Gasteiger partial charge is 0.457 e. The summed E-state index contributed by atoms with van der Waals surface area (Å²) in [6, 6.07) is 9.64. The first-order valence-corrected chi connectivity index (χ1v) is 8.31. The SMILES string of the molecule is CS(=O)(=O)c1ccc(Oc2cc(Cl)cc3[nH]ncc23)cc1. The van der Waals surface area contributed by atoms with Gasteiger partial charge in [-0.3, -0.25) is 5.10 Å². The molecule has 5 nitrogen and oxygen atoms in total. The number of H-pyrrole nitrogens is 1. The van der Waals surface area contributed by atoms with Crippen LogP contribution in [-0.2, 0) is 9.84 Å². The van der Waals surface area contributed by atoms with Crippen molar-refractivity contribution in [1.29, 1.82) is 0 Å². The van der Waals surface area contributed by atoms with E-state index in [2.05, 4.69) is 10.2 Å². The highest BCUT2D eigenvalue weighted by atomic mass is 35.5. The van der Waals surface area contributed by atoms with Crippen LogP contribution in [0.15, 0.2) is 47.5 Å². The second-order valence-corrected chi connectivity index (χ2v) is 7.03. The van der Waals surface area contributed by atoms with Crippen molar-refractivity contribution < 1.29 is 13.2 Å². The molecule has 0 atom stereocenters. The lowest BCUT2D eigenvalue weighted by Crippen LogP contribution is -1.96. The van der Waals surface area contributed by atoms with Crippen LogP contribution in [0.3, 0.4) is 0 Å². The third-order valence-electron chi connectivity index (χ3n) is 2.97. The number of nitrogens with one attached hydrogen (secondary N) is 1. The second kappa shape index (κ2) is 5.05. The van der Waals surface area contributed by atoms with Crippen molar-refractivity contribution in [3.63, 3.8) is 0 Å². The monoisotopic (exact) mass is 322 g/mol. The highest BCUT2D eigenvalue weighted by Gasteiger charge is 2.10. The molecule has 3 rings (SSSR count). The molecule has 0 saturated carbocycles. The molecule has 2 aromatic carbocycles. The van der Waals surface area contributed by atoms with Crippen LogP contribution in [-0.4, -0.2) is 24.9 Å². The van der Waals surface area contributed by atoms with Gasteiger partial charge in [0.15, 0.2) is 9.84 Å². The zero-order valence-electron chi connectivity index (χ0n) is 11.0. The van der Waals surface area contributed by atoms with Gasteiger partial charge in [0.05, 0.1) is 22.0 Å². The summed E-state index contributed by atoms with van der Waals surface area (Å²) in [5.74, 6) is 1.07. The minimum Gasteiger partial charge on any atom is -0.457 e. The number of hydrogen-bond acceptors (Lipinski definition) is 4. The van der Waals surface area contributed by atoms with E-state index in [9.17, 15) is 8.42 Å². The Morgan fingerprint density at radius 3 is 2.57 bits per heavy atom. The Morgan fingerprint density at radius 2 is 1.90 bits per heavy atom. The Morgan fingerprint density at radius 1 is 1.19 bits per heavy atom. The summed E-state index contributed by atoms with van der Waals surface area (Å²) in [5, 5.41) is 8.09. The molecular weight excluding hydrogens is 312 g/mol.